The van der Waals surface area contributed by atoms with Crippen LogP contribution in [0.2, 0.25) is 0 Å². The van der Waals surface area contributed by atoms with Crippen LogP contribution in [0.15, 0.2) is 200 Å². The van der Waals surface area contributed by atoms with Gasteiger partial charge >= 0.3 is 5.97 Å². The lowest BCUT2D eigenvalue weighted by Crippen LogP contribution is -2.28. The van der Waals surface area contributed by atoms with Crippen LogP contribution in [-0.2, 0) is 13.7 Å². The molecule has 8 aromatic carbocycles. The number of hydrogen-bond donors (Lipinski definition) is 5. The number of phenolic OH excluding ortho intramolecular Hbond substituents is 2. The molecule has 0 radical (unpaired) electrons. The lowest BCUT2D eigenvalue weighted by molar-refractivity contribution is -0.131. The van der Waals surface area contributed by atoms with E-state index in [1.165, 1.54) is 43.0 Å². The van der Waals surface area contributed by atoms with Crippen molar-refractivity contribution >= 4 is 32.7 Å². The minimum Gasteiger partial charge on any atom is -0.507 e. The summed E-state index contributed by atoms with van der Waals surface area (Å²) in [6, 6.07) is 56.2. The van der Waals surface area contributed by atoms with Crippen LogP contribution in [0.5, 0.6) is 46.0 Å². The monoisotopic (exact) mass is 1070 g/mol. The first-order valence-corrected chi connectivity index (χ1v) is 26.1. The highest BCUT2D eigenvalue weighted by molar-refractivity contribution is 8.14. The van der Waals surface area contributed by atoms with Crippen LogP contribution in [-0.4, -0.2) is 108 Å². The van der Waals surface area contributed by atoms with Gasteiger partial charge in [0, 0.05) is 35.5 Å². The summed E-state index contributed by atoms with van der Waals surface area (Å²) in [4.78, 5) is 46.7. The number of rotatable bonds is 13. The molecule has 17 heteroatoms. The molecule has 0 fully saturated rings. The number of phenols is 3. The summed E-state index contributed by atoms with van der Waals surface area (Å²) < 4.78 is 39.6. The Balaban J connectivity index is 0.000000251. The summed E-state index contributed by atoms with van der Waals surface area (Å²) in [6.45, 7) is 0. The summed E-state index contributed by atoms with van der Waals surface area (Å²) in [5, 5.41) is 44.4. The van der Waals surface area contributed by atoms with E-state index in [1.807, 2.05) is 42.5 Å². The van der Waals surface area contributed by atoms with Gasteiger partial charge in [0.25, 0.3) is 0 Å². The number of aromatic carboxylic acids is 1. The zero-order valence-corrected chi connectivity index (χ0v) is 44.5. The number of hydrogen-bond acceptors (Lipinski definition) is 15. The molecule has 8 rings (SSSR count). The molecule has 0 saturated carbocycles. The smallest absolute Gasteiger partial charge is 0.339 e. The Morgan fingerprint density at radius 3 is 0.870 bits per heavy atom. The van der Waals surface area contributed by atoms with E-state index in [0.717, 1.165) is 11.5 Å². The Morgan fingerprint density at radius 1 is 0.351 bits per heavy atom. The van der Waals surface area contributed by atoms with Crippen molar-refractivity contribution in [3.63, 3.8) is 0 Å². The predicted octanol–water partition coefficient (Wildman–Crippen LogP) is 11.1. The van der Waals surface area contributed by atoms with Gasteiger partial charge in [0.1, 0.15) is 51.6 Å². The number of carboxylic acids is 1. The highest BCUT2D eigenvalue weighted by Gasteiger charge is 2.16. The Kier molecular flexibility index (Phi) is 24.8. The molecule has 0 aliphatic rings. The number of benzene rings is 8. The number of ether oxygens (including phenoxy) is 5. The fourth-order valence-electron chi connectivity index (χ4n) is 6.07. The maximum atomic E-state index is 12.3. The van der Waals surface area contributed by atoms with Gasteiger partial charge in [0.2, 0.25) is 0 Å². The average Bonchev–Trinajstić information content (AvgIpc) is 3.45. The van der Waals surface area contributed by atoms with Gasteiger partial charge in [0.15, 0.2) is 17.3 Å². The second kappa shape index (κ2) is 30.8. The lowest BCUT2D eigenvalue weighted by Gasteiger charge is -2.29. The van der Waals surface area contributed by atoms with Crippen molar-refractivity contribution in [1.82, 2.24) is 0 Å². The second-order valence-corrected chi connectivity index (χ2v) is 21.3. The molecule has 0 spiro atoms. The van der Waals surface area contributed by atoms with Crippen LogP contribution < -0.4 is 23.7 Å². The zero-order valence-electron chi connectivity index (χ0n) is 43.7. The van der Waals surface area contributed by atoms with Gasteiger partial charge in [-0.05, 0) is 133 Å². The van der Waals surface area contributed by atoms with Crippen LogP contribution in [0.3, 0.4) is 0 Å². The second-order valence-electron chi connectivity index (χ2n) is 16.6. The third kappa shape index (κ3) is 21.2. The Bertz CT molecular complexity index is 3080. The third-order valence-electron chi connectivity index (χ3n) is 10.1. The molecule has 0 unspecified atom stereocenters. The number of carboxylic acid groups (broad SMARTS) is 1. The number of para-hydroxylation sites is 5. The highest BCUT2D eigenvalue weighted by atomic mass is 32.3. The van der Waals surface area contributed by atoms with E-state index in [-0.39, 0.29) is 40.2 Å². The van der Waals surface area contributed by atoms with Gasteiger partial charge in [0.05, 0.1) is 52.2 Å². The van der Waals surface area contributed by atoms with E-state index >= 15 is 0 Å². The molecule has 0 heterocycles. The van der Waals surface area contributed by atoms with Crippen molar-refractivity contribution in [3.05, 3.63) is 239 Å². The van der Waals surface area contributed by atoms with Crippen LogP contribution in [0, 0.1) is 0 Å². The van der Waals surface area contributed by atoms with Gasteiger partial charge in [-0.1, -0.05) is 66.7 Å². The van der Waals surface area contributed by atoms with Gasteiger partial charge in [-0.2, -0.15) is 9.35 Å². The molecule has 0 atom stereocenters. The molecule has 77 heavy (non-hydrogen) atoms. The highest BCUT2D eigenvalue weighted by Crippen LogP contribution is 2.25. The maximum absolute atomic E-state index is 12.3. The van der Waals surface area contributed by atoms with Crippen molar-refractivity contribution in [2.45, 2.75) is 0 Å². The molecule has 404 valence electrons. The van der Waals surface area contributed by atoms with Crippen molar-refractivity contribution in [1.29, 1.82) is 0 Å². The molecular weight excluding hydrogens is 1010 g/mol. The fraction of sp³-hybridized carbons (Fsp3) is 0.133. The molecular formula is C60H62O16S. The minimum absolute atomic E-state index is 0.00619. The summed E-state index contributed by atoms with van der Waals surface area (Å²) in [5.74, 6) is 1.82. The number of carbonyl (C=O) groups excluding carboxylic acids is 3. The quantitative estimate of drug-likeness (QED) is 0.0410. The Labute approximate surface area is 447 Å². The van der Waals surface area contributed by atoms with Crippen molar-refractivity contribution in [2.75, 3.05) is 54.3 Å². The standard InChI is InChI=1S/C15H14O3.2C14H12O3.C7H6O3.C7H8O.C3H10O3S/c1-17-12-9-7-11(8-10-12)15(16)13-5-3-4-6-14(13)18-2;2*1-17-11-8-6-10(7-9-11)14(16)12-4-2-3-5-13(12)15;8-6-4-2-1-3-5(6)7(9)10;1-8-7-5-3-2-4-6-7;1-7(2,3,5)6-4/h3-10H,1-2H3;2*2-9,15H,1H3;1-4,8H,(H,9,10);2-6H,1H3;4H,1-3H3. The zero-order chi connectivity index (χ0) is 57.0. The van der Waals surface area contributed by atoms with Crippen molar-refractivity contribution < 1.29 is 77.1 Å². The fourth-order valence-corrected chi connectivity index (χ4v) is 6.07. The molecule has 8 aromatic rings. The van der Waals surface area contributed by atoms with E-state index in [9.17, 15) is 33.6 Å². The van der Waals surface area contributed by atoms with Crippen LogP contribution in [0.1, 0.15) is 58.1 Å². The first-order chi connectivity index (χ1) is 36.7. The van der Waals surface area contributed by atoms with E-state index in [0.29, 0.717) is 50.6 Å². The first kappa shape index (κ1) is 62.0. The van der Waals surface area contributed by atoms with E-state index in [4.69, 9.17) is 39.2 Å². The average molecular weight is 1070 g/mol. The molecule has 0 bridgehead atoms. The number of ketones is 3. The summed E-state index contributed by atoms with van der Waals surface area (Å²) in [7, 11) is 4.89. The predicted molar refractivity (Wildman–Crippen MR) is 296 cm³/mol. The van der Waals surface area contributed by atoms with Gasteiger partial charge < -0.3 is 44.1 Å². The van der Waals surface area contributed by atoms with Crippen LogP contribution in [0.25, 0.3) is 0 Å². The molecule has 0 amide bonds. The van der Waals surface area contributed by atoms with Gasteiger partial charge in [-0.15, -0.1) is 4.33 Å². The third-order valence-corrected chi connectivity index (χ3v) is 10.6. The van der Waals surface area contributed by atoms with Gasteiger partial charge in [-0.25, -0.2) is 14.3 Å². The molecule has 0 saturated heterocycles. The first-order valence-electron chi connectivity index (χ1n) is 22.9. The molecule has 0 aromatic heterocycles. The number of aromatic hydroxyl groups is 3. The summed E-state index contributed by atoms with van der Waals surface area (Å²) in [5.41, 5.74) is 2.75. The van der Waals surface area contributed by atoms with E-state index in [2.05, 4.69) is 4.33 Å². The van der Waals surface area contributed by atoms with Crippen LogP contribution in [0.4, 0.5) is 0 Å². The number of methoxy groups -OCH3 is 5. The lowest BCUT2D eigenvalue weighted by atomic mass is 10.0. The minimum atomic E-state index is -3.06. The van der Waals surface area contributed by atoms with Crippen molar-refractivity contribution in [3.8, 4) is 46.0 Å². The van der Waals surface area contributed by atoms with Gasteiger partial charge in [-0.3, -0.25) is 14.4 Å². The summed E-state index contributed by atoms with van der Waals surface area (Å²) >= 11 is 0. The normalized spacial score (nSPS) is 10.4. The maximum Gasteiger partial charge on any atom is 0.339 e. The Hall–Kier alpha value is -9.29. The SMILES string of the molecule is COc1ccc(C(=O)c2ccccc2O)cc1.COc1ccc(C(=O)c2ccccc2O)cc1.COc1ccc(C(=O)c2ccccc2OC)cc1.COc1ccccc1.CS(C)(C)(=O)OO.O=C(O)c1ccccc1O. The molecule has 0 aliphatic carbocycles. The molecule has 16 nitrogen and oxygen atoms in total. The van der Waals surface area contributed by atoms with Crippen molar-refractivity contribution in [2.24, 2.45) is 0 Å². The largest absolute Gasteiger partial charge is 0.507 e. The van der Waals surface area contributed by atoms with E-state index < -0.39 is 15.3 Å². The Morgan fingerprint density at radius 2 is 0.610 bits per heavy atom. The molecule has 0 aliphatic heterocycles. The van der Waals surface area contributed by atoms with E-state index in [1.54, 1.807) is 169 Å². The topological polar surface area (TPSA) is 242 Å². The molecule has 5 N–H and O–H groups in total. The van der Waals surface area contributed by atoms with Crippen LogP contribution >= 0.6 is 0 Å². The summed E-state index contributed by atoms with van der Waals surface area (Å²) in [6.07, 6.45) is 4.03. The number of carbonyl (C=O) groups is 4.